The highest BCUT2D eigenvalue weighted by atomic mass is 35.5. The van der Waals surface area contributed by atoms with Crippen molar-refractivity contribution in [2.75, 3.05) is 11.9 Å². The third-order valence-corrected chi connectivity index (χ3v) is 3.17. The van der Waals surface area contributed by atoms with Crippen molar-refractivity contribution in [2.24, 2.45) is 0 Å². The van der Waals surface area contributed by atoms with Gasteiger partial charge >= 0.3 is 0 Å². The molecule has 4 heteroatoms. The Kier molecular flexibility index (Phi) is 4.99. The van der Waals surface area contributed by atoms with E-state index in [1.165, 1.54) is 0 Å². The highest BCUT2D eigenvalue weighted by Crippen LogP contribution is 2.20. The van der Waals surface area contributed by atoms with E-state index < -0.39 is 0 Å². The van der Waals surface area contributed by atoms with Gasteiger partial charge in [-0.05, 0) is 36.8 Å². The van der Waals surface area contributed by atoms with Gasteiger partial charge < -0.3 is 10.4 Å². The number of hydrogen-bond acceptors (Lipinski definition) is 2. The lowest BCUT2D eigenvalue weighted by molar-refractivity contribution is 0.102. The molecule has 106 valence electrons. The molecule has 0 saturated heterocycles. The summed E-state index contributed by atoms with van der Waals surface area (Å²) in [6.07, 6.45) is 0. The number of carbonyl (C=O) groups excluding carboxylic acids is 1. The second-order valence-electron chi connectivity index (χ2n) is 4.44. The van der Waals surface area contributed by atoms with Gasteiger partial charge in [-0.3, -0.25) is 4.79 Å². The zero-order chi connectivity index (χ0) is 15.2. The van der Waals surface area contributed by atoms with E-state index in [0.717, 1.165) is 5.56 Å². The van der Waals surface area contributed by atoms with Crippen molar-refractivity contribution in [1.82, 2.24) is 0 Å². The molecule has 0 aromatic heterocycles. The molecule has 0 unspecified atom stereocenters. The predicted molar refractivity (Wildman–Crippen MR) is 84.5 cm³/mol. The molecule has 2 aromatic rings. The molecular weight excluding hydrogens is 286 g/mol. The minimum absolute atomic E-state index is 0.230. The van der Waals surface area contributed by atoms with Crippen LogP contribution < -0.4 is 5.32 Å². The number of rotatable bonds is 2. The van der Waals surface area contributed by atoms with E-state index in [9.17, 15) is 4.79 Å². The van der Waals surface area contributed by atoms with Crippen LogP contribution in [0.2, 0.25) is 5.02 Å². The minimum Gasteiger partial charge on any atom is -0.384 e. The van der Waals surface area contributed by atoms with Crippen molar-refractivity contribution >= 4 is 23.2 Å². The van der Waals surface area contributed by atoms with E-state index in [0.29, 0.717) is 21.8 Å². The van der Waals surface area contributed by atoms with E-state index >= 15 is 0 Å². The van der Waals surface area contributed by atoms with Gasteiger partial charge in [0.05, 0.1) is 16.3 Å². The van der Waals surface area contributed by atoms with Gasteiger partial charge in [0.2, 0.25) is 0 Å². The first-order valence-electron chi connectivity index (χ1n) is 6.38. The molecule has 0 spiro atoms. The van der Waals surface area contributed by atoms with E-state index in [4.69, 9.17) is 16.7 Å². The molecule has 2 N–H and O–H groups in total. The van der Waals surface area contributed by atoms with Crippen molar-refractivity contribution < 1.29 is 9.90 Å². The van der Waals surface area contributed by atoms with Crippen molar-refractivity contribution in [1.29, 1.82) is 0 Å². The van der Waals surface area contributed by atoms with Gasteiger partial charge in [-0.15, -0.1) is 0 Å². The van der Waals surface area contributed by atoms with Gasteiger partial charge in [0.1, 0.15) is 6.61 Å². The normalized spacial score (nSPS) is 9.67. The first-order chi connectivity index (χ1) is 10.1. The van der Waals surface area contributed by atoms with Crippen LogP contribution in [0.5, 0.6) is 0 Å². The second-order valence-corrected chi connectivity index (χ2v) is 4.85. The summed E-state index contributed by atoms with van der Waals surface area (Å²) in [5.74, 6) is 5.12. The topological polar surface area (TPSA) is 49.3 Å². The summed E-state index contributed by atoms with van der Waals surface area (Å²) in [5.41, 5.74) is 2.67. The number of aliphatic hydroxyl groups excluding tert-OH is 1. The van der Waals surface area contributed by atoms with Gasteiger partial charge in [-0.1, -0.05) is 41.6 Å². The van der Waals surface area contributed by atoms with Crippen LogP contribution in [0, 0.1) is 18.8 Å². The average Bonchev–Trinajstić information content (AvgIpc) is 2.47. The number of carbonyl (C=O) groups is 1. The molecule has 0 aliphatic carbocycles. The standard InChI is InChI=1S/C17H14ClNO2/c1-12-8-9-16(13(11-12)5-4-10-20)19-17(21)14-6-2-3-7-15(14)18/h2-3,6-9,11,20H,10H2,1H3,(H,19,21). The molecule has 0 radical (unpaired) electrons. The fraction of sp³-hybridized carbons (Fsp3) is 0.118. The molecule has 0 atom stereocenters. The fourth-order valence-corrected chi connectivity index (χ4v) is 2.06. The molecule has 1 amide bonds. The molecule has 2 aromatic carbocycles. The van der Waals surface area contributed by atoms with Gasteiger partial charge in [-0.2, -0.15) is 0 Å². The number of aliphatic hydroxyl groups is 1. The maximum absolute atomic E-state index is 12.3. The Morgan fingerprint density at radius 3 is 2.76 bits per heavy atom. The van der Waals surface area contributed by atoms with Crippen LogP contribution in [0.1, 0.15) is 21.5 Å². The fourth-order valence-electron chi connectivity index (χ4n) is 1.84. The molecule has 3 nitrogen and oxygen atoms in total. The molecule has 0 heterocycles. The summed E-state index contributed by atoms with van der Waals surface area (Å²) < 4.78 is 0. The zero-order valence-electron chi connectivity index (χ0n) is 11.5. The quantitative estimate of drug-likeness (QED) is 0.836. The number of aryl methyl sites for hydroxylation is 1. The predicted octanol–water partition coefficient (Wildman–Crippen LogP) is 3.24. The minimum atomic E-state index is -0.295. The van der Waals surface area contributed by atoms with Crippen molar-refractivity contribution in [3.63, 3.8) is 0 Å². The Balaban J connectivity index is 2.31. The van der Waals surface area contributed by atoms with E-state index in [1.54, 1.807) is 30.3 Å². The summed E-state index contributed by atoms with van der Waals surface area (Å²) in [7, 11) is 0. The maximum atomic E-state index is 12.3. The van der Waals surface area contributed by atoms with Crippen LogP contribution in [0.15, 0.2) is 42.5 Å². The number of hydrogen-bond donors (Lipinski definition) is 2. The average molecular weight is 300 g/mol. The van der Waals surface area contributed by atoms with Gasteiger partial charge in [0.25, 0.3) is 5.91 Å². The lowest BCUT2D eigenvalue weighted by Gasteiger charge is -2.09. The highest BCUT2D eigenvalue weighted by molar-refractivity contribution is 6.34. The smallest absolute Gasteiger partial charge is 0.257 e. The molecule has 0 saturated carbocycles. The summed E-state index contributed by atoms with van der Waals surface area (Å²) in [6.45, 7) is 1.70. The van der Waals surface area contributed by atoms with Crippen LogP contribution >= 0.6 is 11.6 Å². The number of nitrogens with one attached hydrogen (secondary N) is 1. The monoisotopic (exact) mass is 299 g/mol. The van der Waals surface area contributed by atoms with Crippen LogP contribution in [-0.2, 0) is 0 Å². The Labute approximate surface area is 128 Å². The third kappa shape index (κ3) is 3.85. The molecule has 21 heavy (non-hydrogen) atoms. The number of anilines is 1. The molecule has 0 bridgehead atoms. The molecule has 2 rings (SSSR count). The SMILES string of the molecule is Cc1ccc(NC(=O)c2ccccc2Cl)c(C#CCO)c1. The molecule has 0 aliphatic heterocycles. The van der Waals surface area contributed by atoms with Gasteiger partial charge in [-0.25, -0.2) is 0 Å². The number of amides is 1. The number of halogens is 1. The lowest BCUT2D eigenvalue weighted by Crippen LogP contribution is -2.13. The van der Waals surface area contributed by atoms with Crippen LogP contribution in [0.3, 0.4) is 0 Å². The third-order valence-electron chi connectivity index (χ3n) is 2.84. The van der Waals surface area contributed by atoms with Gasteiger partial charge in [0.15, 0.2) is 0 Å². The van der Waals surface area contributed by atoms with E-state index in [-0.39, 0.29) is 12.5 Å². The number of benzene rings is 2. The van der Waals surface area contributed by atoms with E-state index in [1.807, 2.05) is 19.1 Å². The second kappa shape index (κ2) is 6.94. The highest BCUT2D eigenvalue weighted by Gasteiger charge is 2.11. The van der Waals surface area contributed by atoms with Crippen molar-refractivity contribution in [3.8, 4) is 11.8 Å². The Bertz CT molecular complexity index is 729. The molecule has 0 aliphatic rings. The first-order valence-corrected chi connectivity index (χ1v) is 6.76. The zero-order valence-corrected chi connectivity index (χ0v) is 12.2. The first kappa shape index (κ1) is 15.1. The van der Waals surface area contributed by atoms with Gasteiger partial charge in [0, 0.05) is 5.56 Å². The molecular formula is C17H14ClNO2. The Morgan fingerprint density at radius 2 is 2.05 bits per heavy atom. The van der Waals surface area contributed by atoms with E-state index in [2.05, 4.69) is 17.2 Å². The van der Waals surface area contributed by atoms with Crippen LogP contribution in [0.4, 0.5) is 5.69 Å². The summed E-state index contributed by atoms with van der Waals surface area (Å²) in [4.78, 5) is 12.3. The Hall–Kier alpha value is -2.28. The maximum Gasteiger partial charge on any atom is 0.257 e. The van der Waals surface area contributed by atoms with Crippen molar-refractivity contribution in [3.05, 3.63) is 64.2 Å². The summed E-state index contributed by atoms with van der Waals surface area (Å²) in [6, 6.07) is 12.4. The van der Waals surface area contributed by atoms with Crippen LogP contribution in [-0.4, -0.2) is 17.6 Å². The van der Waals surface area contributed by atoms with Crippen LogP contribution in [0.25, 0.3) is 0 Å². The summed E-state index contributed by atoms with van der Waals surface area (Å²) >= 11 is 6.01. The van der Waals surface area contributed by atoms with Crippen molar-refractivity contribution in [2.45, 2.75) is 6.92 Å². The molecule has 0 fully saturated rings. The summed E-state index contributed by atoms with van der Waals surface area (Å²) in [5, 5.41) is 12.0. The largest absolute Gasteiger partial charge is 0.384 e. The lowest BCUT2D eigenvalue weighted by atomic mass is 10.1. The Morgan fingerprint density at radius 1 is 1.29 bits per heavy atom.